The number of carbonyl (C=O) groups is 1. The minimum Gasteiger partial charge on any atom is -0.396 e. The Morgan fingerprint density at radius 2 is 2.09 bits per heavy atom. The Morgan fingerprint density at radius 3 is 2.73 bits per heavy atom. The maximum Gasteiger partial charge on any atom is 0.220 e. The summed E-state index contributed by atoms with van der Waals surface area (Å²) < 4.78 is 0. The molecule has 0 saturated heterocycles. The lowest BCUT2D eigenvalue weighted by atomic mass is 10.1. The minimum absolute atomic E-state index is 0.0562. The predicted molar refractivity (Wildman–Crippen MR) is 88.6 cm³/mol. The Hall–Kier alpha value is -1.30. The molecule has 0 aliphatic carbocycles. The normalized spacial score (nSPS) is 11.4. The Kier molecular flexibility index (Phi) is 8.89. The molecule has 0 radical (unpaired) electrons. The van der Waals surface area contributed by atoms with Crippen molar-refractivity contribution in [2.45, 2.75) is 26.2 Å². The van der Waals surface area contributed by atoms with Gasteiger partial charge in [-0.2, -0.15) is 0 Å². The van der Waals surface area contributed by atoms with E-state index >= 15 is 0 Å². The lowest BCUT2D eigenvalue weighted by Crippen LogP contribution is -2.25. The summed E-state index contributed by atoms with van der Waals surface area (Å²) in [7, 11) is 0. The molecule has 0 aromatic heterocycles. The molecule has 0 heterocycles. The smallest absolute Gasteiger partial charge is 0.220 e. The average Bonchev–Trinajstić information content (AvgIpc) is 2.50. The summed E-state index contributed by atoms with van der Waals surface area (Å²) in [5.41, 5.74) is 1.41. The summed E-state index contributed by atoms with van der Waals surface area (Å²) >= 11 is 11.9. The van der Waals surface area contributed by atoms with Crippen molar-refractivity contribution in [3.63, 3.8) is 0 Å². The molecule has 7 heteroatoms. The van der Waals surface area contributed by atoms with Crippen LogP contribution < -0.4 is 5.32 Å². The van der Waals surface area contributed by atoms with Gasteiger partial charge in [0, 0.05) is 31.6 Å². The first-order valence-electron chi connectivity index (χ1n) is 7.10. The van der Waals surface area contributed by atoms with Crippen LogP contribution in [-0.2, 0) is 9.63 Å². The fourth-order valence-electron chi connectivity index (χ4n) is 1.69. The molecular formula is C15H20Cl2N2O3. The van der Waals surface area contributed by atoms with E-state index in [0.717, 1.165) is 5.56 Å². The van der Waals surface area contributed by atoms with Gasteiger partial charge in [-0.15, -0.1) is 0 Å². The van der Waals surface area contributed by atoms with E-state index in [-0.39, 0.29) is 18.9 Å². The zero-order valence-corrected chi connectivity index (χ0v) is 14.0. The lowest BCUT2D eigenvalue weighted by molar-refractivity contribution is -0.120. The first-order valence-corrected chi connectivity index (χ1v) is 7.85. The Bertz CT molecular complexity index is 522. The maximum absolute atomic E-state index is 11.7. The van der Waals surface area contributed by atoms with E-state index in [2.05, 4.69) is 10.5 Å². The molecular weight excluding hydrogens is 327 g/mol. The van der Waals surface area contributed by atoms with E-state index in [4.69, 9.17) is 33.1 Å². The molecule has 5 nitrogen and oxygen atoms in total. The van der Waals surface area contributed by atoms with Gasteiger partial charge in [0.05, 0.1) is 15.8 Å². The van der Waals surface area contributed by atoms with Crippen LogP contribution in [0.1, 0.15) is 31.7 Å². The van der Waals surface area contributed by atoms with Crippen molar-refractivity contribution in [3.05, 3.63) is 33.8 Å². The van der Waals surface area contributed by atoms with Crippen LogP contribution in [0.5, 0.6) is 0 Å². The van der Waals surface area contributed by atoms with Crippen LogP contribution in [0.2, 0.25) is 10.0 Å². The largest absolute Gasteiger partial charge is 0.396 e. The molecule has 0 aliphatic rings. The number of amides is 1. The third kappa shape index (κ3) is 6.64. The van der Waals surface area contributed by atoms with Gasteiger partial charge < -0.3 is 15.3 Å². The van der Waals surface area contributed by atoms with Gasteiger partial charge in [-0.25, -0.2) is 0 Å². The first-order chi connectivity index (χ1) is 10.6. The zero-order valence-electron chi connectivity index (χ0n) is 12.4. The zero-order chi connectivity index (χ0) is 16.4. The molecule has 1 rings (SSSR count). The first kappa shape index (κ1) is 18.7. The molecule has 1 aromatic rings. The quantitative estimate of drug-likeness (QED) is 0.410. The second-order valence-electron chi connectivity index (χ2n) is 4.51. The van der Waals surface area contributed by atoms with Crippen molar-refractivity contribution in [3.8, 4) is 0 Å². The van der Waals surface area contributed by atoms with E-state index in [1.165, 1.54) is 0 Å². The average molecular weight is 347 g/mol. The number of nitrogens with one attached hydrogen (secondary N) is 1. The van der Waals surface area contributed by atoms with Crippen LogP contribution in [0.3, 0.4) is 0 Å². The number of carbonyl (C=O) groups excluding carboxylic acids is 1. The topological polar surface area (TPSA) is 70.9 Å². The van der Waals surface area contributed by atoms with Crippen LogP contribution in [0.4, 0.5) is 0 Å². The summed E-state index contributed by atoms with van der Waals surface area (Å²) in [4.78, 5) is 16.8. The van der Waals surface area contributed by atoms with Crippen molar-refractivity contribution in [1.29, 1.82) is 0 Å². The van der Waals surface area contributed by atoms with E-state index < -0.39 is 0 Å². The third-order valence-electron chi connectivity index (χ3n) is 2.80. The number of hydrogen-bond donors (Lipinski definition) is 2. The summed E-state index contributed by atoms with van der Waals surface area (Å²) in [5, 5.41) is 16.3. The molecule has 2 N–H and O–H groups in total. The van der Waals surface area contributed by atoms with Gasteiger partial charge in [0.2, 0.25) is 5.91 Å². The van der Waals surface area contributed by atoms with Crippen molar-refractivity contribution in [1.82, 2.24) is 5.32 Å². The fraction of sp³-hybridized carbons (Fsp3) is 0.467. The SMILES string of the molecule is CCON=C(CCC(=O)NCCCO)c1ccc(Cl)c(Cl)c1. The minimum atomic E-state index is -0.0993. The number of aliphatic hydroxyl groups excluding tert-OH is 1. The van der Waals surface area contributed by atoms with Gasteiger partial charge in [0.1, 0.15) is 6.61 Å². The van der Waals surface area contributed by atoms with Crippen LogP contribution in [-0.4, -0.2) is 36.5 Å². The Morgan fingerprint density at radius 1 is 1.32 bits per heavy atom. The van der Waals surface area contributed by atoms with Crippen molar-refractivity contribution in [2.75, 3.05) is 19.8 Å². The Labute approximate surface area is 140 Å². The molecule has 1 amide bonds. The van der Waals surface area contributed by atoms with E-state index in [1.807, 2.05) is 6.92 Å². The molecule has 0 fully saturated rings. The highest BCUT2D eigenvalue weighted by Gasteiger charge is 2.10. The number of aliphatic hydroxyl groups is 1. The van der Waals surface area contributed by atoms with Gasteiger partial charge in [0.15, 0.2) is 0 Å². The van der Waals surface area contributed by atoms with Crippen molar-refractivity contribution >= 4 is 34.8 Å². The molecule has 122 valence electrons. The molecule has 0 atom stereocenters. The summed E-state index contributed by atoms with van der Waals surface area (Å²) in [6.07, 6.45) is 1.24. The van der Waals surface area contributed by atoms with Crippen LogP contribution in [0, 0.1) is 0 Å². The number of nitrogens with zero attached hydrogens (tertiary/aromatic N) is 1. The van der Waals surface area contributed by atoms with Gasteiger partial charge in [-0.05, 0) is 25.5 Å². The van der Waals surface area contributed by atoms with E-state index in [0.29, 0.717) is 41.8 Å². The molecule has 22 heavy (non-hydrogen) atoms. The molecule has 0 spiro atoms. The molecule has 0 unspecified atom stereocenters. The molecule has 0 saturated carbocycles. The molecule has 0 bridgehead atoms. The van der Waals surface area contributed by atoms with Gasteiger partial charge >= 0.3 is 0 Å². The second-order valence-corrected chi connectivity index (χ2v) is 5.33. The Balaban J connectivity index is 2.69. The van der Waals surface area contributed by atoms with Crippen molar-refractivity contribution in [2.24, 2.45) is 5.16 Å². The fourth-order valence-corrected chi connectivity index (χ4v) is 1.99. The number of oxime groups is 1. The van der Waals surface area contributed by atoms with Crippen LogP contribution >= 0.6 is 23.2 Å². The van der Waals surface area contributed by atoms with Gasteiger partial charge in [-0.3, -0.25) is 4.79 Å². The van der Waals surface area contributed by atoms with E-state index in [1.54, 1.807) is 18.2 Å². The van der Waals surface area contributed by atoms with Crippen LogP contribution in [0.15, 0.2) is 23.4 Å². The monoisotopic (exact) mass is 346 g/mol. The molecule has 1 aromatic carbocycles. The van der Waals surface area contributed by atoms with Gasteiger partial charge in [0.25, 0.3) is 0 Å². The number of rotatable bonds is 9. The van der Waals surface area contributed by atoms with Crippen LogP contribution in [0.25, 0.3) is 0 Å². The highest BCUT2D eigenvalue weighted by molar-refractivity contribution is 6.42. The summed E-state index contributed by atoms with van der Waals surface area (Å²) in [6, 6.07) is 5.17. The third-order valence-corrected chi connectivity index (χ3v) is 3.54. The second kappa shape index (κ2) is 10.4. The highest BCUT2D eigenvalue weighted by atomic mass is 35.5. The number of hydrogen-bond acceptors (Lipinski definition) is 4. The highest BCUT2D eigenvalue weighted by Crippen LogP contribution is 2.23. The predicted octanol–water partition coefficient (Wildman–Crippen LogP) is 3.01. The summed E-state index contributed by atoms with van der Waals surface area (Å²) in [6.45, 7) is 2.78. The van der Waals surface area contributed by atoms with E-state index in [9.17, 15) is 4.79 Å². The number of halogens is 2. The summed E-state index contributed by atoms with van der Waals surface area (Å²) in [5.74, 6) is -0.0993. The van der Waals surface area contributed by atoms with Crippen molar-refractivity contribution < 1.29 is 14.7 Å². The maximum atomic E-state index is 11.7. The number of benzene rings is 1. The molecule has 0 aliphatic heterocycles. The lowest BCUT2D eigenvalue weighted by Gasteiger charge is -2.08. The standard InChI is InChI=1S/C15H20Cl2N2O3/c1-2-22-19-14(6-7-15(21)18-8-3-9-20)11-4-5-12(16)13(17)10-11/h4-5,10,20H,2-3,6-9H2,1H3,(H,18,21). The van der Waals surface area contributed by atoms with Gasteiger partial charge in [-0.1, -0.05) is 34.4 Å².